The first-order valence-corrected chi connectivity index (χ1v) is 5.37. The number of aliphatic hydroxyl groups is 1. The molecule has 0 radical (unpaired) electrons. The molecule has 0 aromatic heterocycles. The highest BCUT2D eigenvalue weighted by molar-refractivity contribution is 5.78. The van der Waals surface area contributed by atoms with Gasteiger partial charge in [0, 0.05) is 12.8 Å². The quantitative estimate of drug-likeness (QED) is 0.609. The molecule has 0 aromatic carbocycles. The van der Waals surface area contributed by atoms with Crippen molar-refractivity contribution in [3.63, 3.8) is 0 Å². The molecule has 0 aliphatic rings. The summed E-state index contributed by atoms with van der Waals surface area (Å²) in [5.41, 5.74) is 0. The maximum atomic E-state index is 11.4. The zero-order chi connectivity index (χ0) is 11.0. The van der Waals surface area contributed by atoms with Crippen LogP contribution in [0, 0.1) is 5.92 Å². The van der Waals surface area contributed by atoms with E-state index >= 15 is 0 Å². The van der Waals surface area contributed by atoms with E-state index in [2.05, 4.69) is 13.5 Å². The fourth-order valence-electron chi connectivity index (χ4n) is 1.45. The molecule has 82 valence electrons. The highest BCUT2D eigenvalue weighted by Crippen LogP contribution is 2.11. The number of aliphatic hydroxyl groups excluding tert-OH is 1. The van der Waals surface area contributed by atoms with Crippen molar-refractivity contribution in [2.75, 3.05) is 0 Å². The van der Waals surface area contributed by atoms with Crippen molar-refractivity contribution in [3.8, 4) is 0 Å². The van der Waals surface area contributed by atoms with Crippen LogP contribution in [0.3, 0.4) is 0 Å². The molecule has 0 rings (SSSR count). The second kappa shape index (κ2) is 7.74. The smallest absolute Gasteiger partial charge is 0.133 e. The van der Waals surface area contributed by atoms with Crippen molar-refractivity contribution in [1.82, 2.24) is 0 Å². The molecule has 0 aliphatic carbocycles. The average Bonchev–Trinajstić information content (AvgIpc) is 2.03. The van der Waals surface area contributed by atoms with E-state index in [9.17, 15) is 4.79 Å². The summed E-state index contributed by atoms with van der Waals surface area (Å²) in [7, 11) is 0. The number of Topliss-reactive ketones (excluding diaryl/α,β-unsaturated/α-hetero) is 1. The first kappa shape index (κ1) is 13.4. The minimum absolute atomic E-state index is 0.284. The Labute approximate surface area is 87.0 Å². The Balaban J connectivity index is 3.49. The number of hydrogen-bond acceptors (Lipinski definition) is 2. The Hall–Kier alpha value is -0.630. The van der Waals surface area contributed by atoms with Crippen molar-refractivity contribution in [2.24, 2.45) is 5.92 Å². The van der Waals surface area contributed by atoms with Crippen molar-refractivity contribution < 1.29 is 9.90 Å². The van der Waals surface area contributed by atoms with Gasteiger partial charge in [0.15, 0.2) is 0 Å². The fourth-order valence-corrected chi connectivity index (χ4v) is 1.45. The largest absolute Gasteiger partial charge is 0.393 e. The third-order valence-corrected chi connectivity index (χ3v) is 2.22. The van der Waals surface area contributed by atoms with Crippen molar-refractivity contribution in [1.29, 1.82) is 0 Å². The molecule has 2 nitrogen and oxygen atoms in total. The van der Waals surface area contributed by atoms with Crippen LogP contribution in [-0.2, 0) is 4.79 Å². The van der Waals surface area contributed by atoms with Gasteiger partial charge >= 0.3 is 0 Å². The zero-order valence-electron chi connectivity index (χ0n) is 9.33. The number of rotatable bonds is 8. The predicted molar refractivity (Wildman–Crippen MR) is 59.1 cm³/mol. The number of allylic oxidation sites excluding steroid dienone is 1. The van der Waals surface area contributed by atoms with Gasteiger partial charge in [-0.05, 0) is 32.1 Å². The third-order valence-electron chi connectivity index (χ3n) is 2.22. The molecular formula is C12H22O2. The minimum atomic E-state index is -0.284. The van der Waals surface area contributed by atoms with Crippen molar-refractivity contribution in [2.45, 2.75) is 52.1 Å². The van der Waals surface area contributed by atoms with Crippen LogP contribution in [0.2, 0.25) is 0 Å². The molecule has 0 saturated carbocycles. The standard InChI is InChI=1S/C12H22O2/c1-4-6-10(2)9-12(14)8-5-7-11(3)13/h4,10-11,13H,1,5-9H2,2-3H3/t10-,11+/m1/s1. The molecule has 2 atom stereocenters. The second-order valence-electron chi connectivity index (χ2n) is 4.11. The van der Waals surface area contributed by atoms with Gasteiger partial charge in [-0.25, -0.2) is 0 Å². The first-order chi connectivity index (χ1) is 6.56. The summed E-state index contributed by atoms with van der Waals surface area (Å²) >= 11 is 0. The molecule has 0 unspecified atom stereocenters. The SMILES string of the molecule is C=CC[C@@H](C)CC(=O)CCC[C@H](C)O. The lowest BCUT2D eigenvalue weighted by molar-refractivity contribution is -0.120. The van der Waals surface area contributed by atoms with Gasteiger partial charge in [-0.3, -0.25) is 4.79 Å². The van der Waals surface area contributed by atoms with Crippen LogP contribution in [0.4, 0.5) is 0 Å². The van der Waals surface area contributed by atoms with Crippen LogP contribution in [0.5, 0.6) is 0 Å². The summed E-state index contributed by atoms with van der Waals surface area (Å²) in [6.45, 7) is 7.47. The number of ketones is 1. The molecule has 2 heteroatoms. The van der Waals surface area contributed by atoms with E-state index in [0.717, 1.165) is 19.3 Å². The molecular weight excluding hydrogens is 176 g/mol. The number of hydrogen-bond donors (Lipinski definition) is 1. The van der Waals surface area contributed by atoms with E-state index in [1.807, 2.05) is 6.08 Å². The van der Waals surface area contributed by atoms with E-state index in [1.165, 1.54) is 0 Å². The van der Waals surface area contributed by atoms with Gasteiger partial charge in [0.05, 0.1) is 6.10 Å². The van der Waals surface area contributed by atoms with Crippen LogP contribution in [0.1, 0.15) is 46.0 Å². The Morgan fingerprint density at radius 2 is 2.14 bits per heavy atom. The summed E-state index contributed by atoms with van der Waals surface area (Å²) < 4.78 is 0. The lowest BCUT2D eigenvalue weighted by Crippen LogP contribution is -2.06. The maximum absolute atomic E-state index is 11.4. The van der Waals surface area contributed by atoms with Gasteiger partial charge < -0.3 is 5.11 Å². The lowest BCUT2D eigenvalue weighted by Gasteiger charge is -2.07. The summed E-state index contributed by atoms with van der Waals surface area (Å²) in [6.07, 6.45) is 5.25. The van der Waals surface area contributed by atoms with E-state index in [-0.39, 0.29) is 6.10 Å². The molecule has 0 amide bonds. The van der Waals surface area contributed by atoms with E-state index in [1.54, 1.807) is 6.92 Å². The number of carbonyl (C=O) groups excluding carboxylic acids is 1. The summed E-state index contributed by atoms with van der Waals surface area (Å²) in [5, 5.41) is 9.01. The van der Waals surface area contributed by atoms with Gasteiger partial charge in [-0.1, -0.05) is 13.0 Å². The van der Waals surface area contributed by atoms with E-state index < -0.39 is 0 Å². The van der Waals surface area contributed by atoms with Crippen LogP contribution in [0.15, 0.2) is 12.7 Å². The molecule has 0 heterocycles. The topological polar surface area (TPSA) is 37.3 Å². The van der Waals surface area contributed by atoms with Gasteiger partial charge in [-0.15, -0.1) is 6.58 Å². The highest BCUT2D eigenvalue weighted by atomic mass is 16.3. The summed E-state index contributed by atoms with van der Waals surface area (Å²) in [4.78, 5) is 11.4. The molecule has 0 bridgehead atoms. The lowest BCUT2D eigenvalue weighted by atomic mass is 9.98. The molecule has 0 aliphatic heterocycles. The van der Waals surface area contributed by atoms with E-state index in [0.29, 0.717) is 24.5 Å². The van der Waals surface area contributed by atoms with Gasteiger partial charge in [0.2, 0.25) is 0 Å². The molecule has 0 fully saturated rings. The molecule has 0 spiro atoms. The normalized spacial score (nSPS) is 14.8. The Morgan fingerprint density at radius 1 is 1.50 bits per heavy atom. The monoisotopic (exact) mass is 198 g/mol. The summed E-state index contributed by atoms with van der Waals surface area (Å²) in [5.74, 6) is 0.714. The Bertz CT molecular complexity index is 173. The third kappa shape index (κ3) is 7.99. The van der Waals surface area contributed by atoms with E-state index in [4.69, 9.17) is 5.11 Å². The van der Waals surface area contributed by atoms with Crippen LogP contribution < -0.4 is 0 Å². The van der Waals surface area contributed by atoms with Gasteiger partial charge in [-0.2, -0.15) is 0 Å². The Kier molecular flexibility index (Phi) is 7.40. The minimum Gasteiger partial charge on any atom is -0.393 e. The zero-order valence-corrected chi connectivity index (χ0v) is 9.33. The molecule has 0 aromatic rings. The Morgan fingerprint density at radius 3 is 2.64 bits per heavy atom. The van der Waals surface area contributed by atoms with Gasteiger partial charge in [0.25, 0.3) is 0 Å². The number of carbonyl (C=O) groups is 1. The van der Waals surface area contributed by atoms with Crippen LogP contribution in [0.25, 0.3) is 0 Å². The predicted octanol–water partition coefficient (Wildman–Crippen LogP) is 2.71. The molecule has 1 N–H and O–H groups in total. The fraction of sp³-hybridized carbons (Fsp3) is 0.750. The van der Waals surface area contributed by atoms with Crippen molar-refractivity contribution in [3.05, 3.63) is 12.7 Å². The highest BCUT2D eigenvalue weighted by Gasteiger charge is 2.08. The summed E-state index contributed by atoms with van der Waals surface area (Å²) in [6, 6.07) is 0. The first-order valence-electron chi connectivity index (χ1n) is 5.37. The average molecular weight is 198 g/mol. The maximum Gasteiger partial charge on any atom is 0.133 e. The van der Waals surface area contributed by atoms with Crippen LogP contribution >= 0.6 is 0 Å². The second-order valence-corrected chi connectivity index (χ2v) is 4.11. The van der Waals surface area contributed by atoms with Crippen molar-refractivity contribution >= 4 is 5.78 Å². The molecule has 14 heavy (non-hydrogen) atoms. The van der Waals surface area contributed by atoms with Crippen LogP contribution in [-0.4, -0.2) is 17.0 Å². The molecule has 0 saturated heterocycles. The van der Waals surface area contributed by atoms with Gasteiger partial charge in [0.1, 0.15) is 5.78 Å².